The second kappa shape index (κ2) is 8.41. The first-order chi connectivity index (χ1) is 14.8. The van der Waals surface area contributed by atoms with Gasteiger partial charge in [0.2, 0.25) is 15.9 Å². The number of amides is 2. The van der Waals surface area contributed by atoms with Crippen LogP contribution in [0.5, 0.6) is 11.5 Å². The molecule has 7 nitrogen and oxygen atoms in total. The molecule has 3 aromatic rings. The van der Waals surface area contributed by atoms with Crippen molar-refractivity contribution < 1.29 is 22.7 Å². The summed E-state index contributed by atoms with van der Waals surface area (Å²) in [5.41, 5.74) is 0.511. The summed E-state index contributed by atoms with van der Waals surface area (Å²) >= 11 is 6.20. The van der Waals surface area contributed by atoms with Crippen LogP contribution in [0.4, 0.5) is 11.4 Å². The SMILES string of the molecule is O=C(Nc1ccccc1Oc1ccccc1)c1cc(N2C(=O)CCS2(=O)=O)ccc1Cl. The molecule has 1 aliphatic heterocycles. The summed E-state index contributed by atoms with van der Waals surface area (Å²) in [6.07, 6.45) is -0.101. The van der Waals surface area contributed by atoms with E-state index in [1.807, 2.05) is 18.2 Å². The molecule has 0 atom stereocenters. The maximum Gasteiger partial charge on any atom is 0.257 e. The molecule has 1 heterocycles. The van der Waals surface area contributed by atoms with Gasteiger partial charge in [-0.2, -0.15) is 0 Å². The van der Waals surface area contributed by atoms with Crippen LogP contribution in [-0.2, 0) is 14.8 Å². The molecule has 31 heavy (non-hydrogen) atoms. The minimum atomic E-state index is -3.76. The predicted octanol–water partition coefficient (Wildman–Crippen LogP) is 4.45. The first-order valence-corrected chi connectivity index (χ1v) is 11.3. The van der Waals surface area contributed by atoms with Crippen LogP contribution in [0.1, 0.15) is 16.8 Å². The van der Waals surface area contributed by atoms with Gasteiger partial charge in [0.1, 0.15) is 5.75 Å². The highest BCUT2D eigenvalue weighted by Crippen LogP contribution is 2.32. The molecule has 9 heteroatoms. The molecule has 0 aromatic heterocycles. The van der Waals surface area contributed by atoms with Gasteiger partial charge in [0.15, 0.2) is 5.75 Å². The van der Waals surface area contributed by atoms with E-state index in [4.69, 9.17) is 16.3 Å². The number of carbonyl (C=O) groups excluding carboxylic acids is 2. The van der Waals surface area contributed by atoms with Crippen molar-refractivity contribution in [2.45, 2.75) is 6.42 Å². The third-order valence-corrected chi connectivity index (χ3v) is 6.63. The standard InChI is InChI=1S/C22H17ClN2O5S/c23-18-11-10-15(25-21(26)12-13-31(25,28)29)14-17(18)22(27)24-19-8-4-5-9-20(19)30-16-6-2-1-3-7-16/h1-11,14H,12-13H2,(H,24,27). The highest BCUT2D eigenvalue weighted by atomic mass is 35.5. The van der Waals surface area contributed by atoms with E-state index in [0.717, 1.165) is 0 Å². The average Bonchev–Trinajstić information content (AvgIpc) is 3.03. The first kappa shape index (κ1) is 20.9. The van der Waals surface area contributed by atoms with Gasteiger partial charge in [-0.25, -0.2) is 12.7 Å². The highest BCUT2D eigenvalue weighted by molar-refractivity contribution is 7.94. The molecule has 158 valence electrons. The molecule has 0 bridgehead atoms. The average molecular weight is 457 g/mol. The number of sulfonamides is 1. The van der Waals surface area contributed by atoms with Crippen LogP contribution in [0, 0.1) is 0 Å². The first-order valence-electron chi connectivity index (χ1n) is 9.34. The Hall–Kier alpha value is -3.36. The van der Waals surface area contributed by atoms with Gasteiger partial charge in [-0.15, -0.1) is 0 Å². The van der Waals surface area contributed by atoms with E-state index in [9.17, 15) is 18.0 Å². The summed E-state index contributed by atoms with van der Waals surface area (Å²) < 4.78 is 31.0. The fraction of sp³-hybridized carbons (Fsp3) is 0.0909. The van der Waals surface area contributed by atoms with E-state index in [-0.39, 0.29) is 28.4 Å². The molecule has 3 aromatic carbocycles. The number of nitrogens with zero attached hydrogens (tertiary/aromatic N) is 1. The van der Waals surface area contributed by atoms with Gasteiger partial charge in [0.05, 0.1) is 27.7 Å². The quantitative estimate of drug-likeness (QED) is 0.612. The summed E-state index contributed by atoms with van der Waals surface area (Å²) in [5, 5.41) is 2.85. The zero-order chi connectivity index (χ0) is 22.0. The van der Waals surface area contributed by atoms with Gasteiger partial charge in [-0.1, -0.05) is 41.9 Å². The largest absolute Gasteiger partial charge is 0.455 e. The maximum atomic E-state index is 12.9. The van der Waals surface area contributed by atoms with E-state index in [0.29, 0.717) is 21.5 Å². The van der Waals surface area contributed by atoms with Crippen molar-refractivity contribution in [1.29, 1.82) is 0 Å². The number of anilines is 2. The molecule has 1 aliphatic rings. The van der Waals surface area contributed by atoms with Crippen molar-refractivity contribution in [2.75, 3.05) is 15.4 Å². The molecular formula is C22H17ClN2O5S. The van der Waals surface area contributed by atoms with E-state index in [1.165, 1.54) is 18.2 Å². The summed E-state index contributed by atoms with van der Waals surface area (Å²) in [6.45, 7) is 0. The molecule has 0 radical (unpaired) electrons. The normalized spacial score (nSPS) is 15.0. The van der Waals surface area contributed by atoms with Crippen LogP contribution in [0.2, 0.25) is 5.02 Å². The summed E-state index contributed by atoms with van der Waals surface area (Å²) in [6, 6.07) is 20.0. The van der Waals surface area contributed by atoms with Gasteiger partial charge in [0.25, 0.3) is 5.91 Å². The molecule has 1 N–H and O–H groups in total. The van der Waals surface area contributed by atoms with Crippen LogP contribution in [0.3, 0.4) is 0 Å². The summed E-state index contributed by atoms with van der Waals surface area (Å²) in [4.78, 5) is 25.0. The van der Waals surface area contributed by atoms with E-state index >= 15 is 0 Å². The Morgan fingerprint density at radius 1 is 1.00 bits per heavy atom. The second-order valence-electron chi connectivity index (χ2n) is 6.75. The topological polar surface area (TPSA) is 92.8 Å². The van der Waals surface area contributed by atoms with E-state index < -0.39 is 21.8 Å². The number of rotatable bonds is 5. The number of hydrogen-bond donors (Lipinski definition) is 1. The number of halogens is 1. The molecular weight excluding hydrogens is 440 g/mol. The lowest BCUT2D eigenvalue weighted by Gasteiger charge is -2.17. The van der Waals surface area contributed by atoms with Crippen LogP contribution in [0.15, 0.2) is 72.8 Å². The number of para-hydroxylation sites is 3. The lowest BCUT2D eigenvalue weighted by atomic mass is 10.1. The van der Waals surface area contributed by atoms with Gasteiger partial charge < -0.3 is 10.1 Å². The van der Waals surface area contributed by atoms with Gasteiger partial charge in [0, 0.05) is 6.42 Å². The van der Waals surface area contributed by atoms with Crippen LogP contribution >= 0.6 is 11.6 Å². The van der Waals surface area contributed by atoms with Gasteiger partial charge in [-0.3, -0.25) is 9.59 Å². The van der Waals surface area contributed by atoms with E-state index in [2.05, 4.69) is 5.32 Å². The molecule has 0 unspecified atom stereocenters. The minimum Gasteiger partial charge on any atom is -0.455 e. The number of hydrogen-bond acceptors (Lipinski definition) is 5. The monoisotopic (exact) mass is 456 g/mol. The highest BCUT2D eigenvalue weighted by Gasteiger charge is 2.36. The molecule has 2 amide bonds. The smallest absolute Gasteiger partial charge is 0.257 e. The van der Waals surface area contributed by atoms with Crippen molar-refractivity contribution >= 4 is 44.8 Å². The molecule has 1 fully saturated rings. The zero-order valence-corrected chi connectivity index (χ0v) is 17.7. The van der Waals surface area contributed by atoms with Gasteiger partial charge >= 0.3 is 0 Å². The molecule has 0 aliphatic carbocycles. The molecule has 4 rings (SSSR count). The number of carbonyl (C=O) groups is 2. The number of nitrogens with one attached hydrogen (secondary N) is 1. The third-order valence-electron chi connectivity index (χ3n) is 4.61. The van der Waals surface area contributed by atoms with Gasteiger partial charge in [-0.05, 0) is 42.5 Å². The van der Waals surface area contributed by atoms with Crippen molar-refractivity contribution in [3.63, 3.8) is 0 Å². The predicted molar refractivity (Wildman–Crippen MR) is 118 cm³/mol. The van der Waals surface area contributed by atoms with Crippen LogP contribution in [0.25, 0.3) is 0 Å². The Balaban J connectivity index is 1.62. The lowest BCUT2D eigenvalue weighted by Crippen LogP contribution is -2.29. The van der Waals surface area contributed by atoms with Crippen LogP contribution in [-0.4, -0.2) is 26.0 Å². The maximum absolute atomic E-state index is 12.9. The Labute approximate surface area is 184 Å². The molecule has 1 saturated heterocycles. The fourth-order valence-corrected chi connectivity index (χ4v) is 4.80. The Kier molecular flexibility index (Phi) is 5.67. The van der Waals surface area contributed by atoms with Crippen LogP contribution < -0.4 is 14.4 Å². The Morgan fingerprint density at radius 3 is 2.42 bits per heavy atom. The molecule has 0 saturated carbocycles. The third kappa shape index (κ3) is 4.40. The Morgan fingerprint density at radius 2 is 1.71 bits per heavy atom. The minimum absolute atomic E-state index is 0.0311. The fourth-order valence-electron chi connectivity index (χ4n) is 3.15. The summed E-state index contributed by atoms with van der Waals surface area (Å²) in [7, 11) is -3.76. The summed E-state index contributed by atoms with van der Waals surface area (Å²) in [5.74, 6) is -0.357. The Bertz CT molecular complexity index is 1260. The van der Waals surface area contributed by atoms with Crippen molar-refractivity contribution in [1.82, 2.24) is 0 Å². The lowest BCUT2D eigenvalue weighted by molar-refractivity contribution is -0.116. The molecule has 0 spiro atoms. The zero-order valence-electron chi connectivity index (χ0n) is 16.1. The van der Waals surface area contributed by atoms with Crippen molar-refractivity contribution in [2.24, 2.45) is 0 Å². The second-order valence-corrected chi connectivity index (χ2v) is 9.10. The van der Waals surface area contributed by atoms with Crippen molar-refractivity contribution in [3.8, 4) is 11.5 Å². The van der Waals surface area contributed by atoms with E-state index in [1.54, 1.807) is 36.4 Å². The number of ether oxygens (including phenoxy) is 1. The van der Waals surface area contributed by atoms with Crippen molar-refractivity contribution in [3.05, 3.63) is 83.4 Å². The number of benzene rings is 3.